The molecule has 0 aliphatic heterocycles. The van der Waals surface area contributed by atoms with E-state index in [0.29, 0.717) is 5.76 Å². The van der Waals surface area contributed by atoms with Crippen LogP contribution in [0.2, 0.25) is 0 Å². The fourth-order valence-electron chi connectivity index (χ4n) is 1.54. The van der Waals surface area contributed by atoms with Crippen molar-refractivity contribution < 1.29 is 9.63 Å². The molecule has 0 unspecified atom stereocenters. The molecular weight excluding hydrogens is 190 g/mol. The van der Waals surface area contributed by atoms with Gasteiger partial charge in [0, 0.05) is 11.6 Å². The lowest BCUT2D eigenvalue weighted by Crippen LogP contribution is -1.86. The van der Waals surface area contributed by atoms with Gasteiger partial charge in [-0.15, -0.1) is 0 Å². The lowest BCUT2D eigenvalue weighted by Gasteiger charge is -2.04. The SMILES string of the molecule is Cc1cccc(-c2cc(CO)on2)c1C. The summed E-state index contributed by atoms with van der Waals surface area (Å²) >= 11 is 0. The van der Waals surface area contributed by atoms with Crippen molar-refractivity contribution in [2.75, 3.05) is 0 Å². The third-order valence-electron chi connectivity index (χ3n) is 2.60. The highest BCUT2D eigenvalue weighted by molar-refractivity contribution is 5.64. The molecule has 0 fully saturated rings. The number of hydrogen-bond donors (Lipinski definition) is 1. The van der Waals surface area contributed by atoms with Crippen LogP contribution in [0.4, 0.5) is 0 Å². The number of hydrogen-bond acceptors (Lipinski definition) is 3. The minimum Gasteiger partial charge on any atom is -0.388 e. The van der Waals surface area contributed by atoms with Gasteiger partial charge in [-0.1, -0.05) is 23.4 Å². The molecule has 1 heterocycles. The van der Waals surface area contributed by atoms with Gasteiger partial charge in [0.2, 0.25) is 0 Å². The molecule has 0 atom stereocenters. The van der Waals surface area contributed by atoms with Gasteiger partial charge in [-0.2, -0.15) is 0 Å². The predicted octanol–water partition coefficient (Wildman–Crippen LogP) is 2.45. The van der Waals surface area contributed by atoms with Crippen molar-refractivity contribution in [3.8, 4) is 11.3 Å². The molecule has 0 saturated carbocycles. The summed E-state index contributed by atoms with van der Waals surface area (Å²) < 4.78 is 4.96. The molecule has 3 heteroatoms. The number of nitrogens with zero attached hydrogens (tertiary/aromatic N) is 1. The smallest absolute Gasteiger partial charge is 0.162 e. The van der Waals surface area contributed by atoms with Crippen LogP contribution >= 0.6 is 0 Å². The number of aryl methyl sites for hydroxylation is 1. The molecule has 0 amide bonds. The molecule has 15 heavy (non-hydrogen) atoms. The van der Waals surface area contributed by atoms with E-state index in [1.165, 1.54) is 11.1 Å². The third kappa shape index (κ3) is 1.78. The maximum Gasteiger partial charge on any atom is 0.162 e. The fourth-order valence-corrected chi connectivity index (χ4v) is 1.54. The van der Waals surface area contributed by atoms with Crippen molar-refractivity contribution in [2.24, 2.45) is 0 Å². The van der Waals surface area contributed by atoms with E-state index in [4.69, 9.17) is 9.63 Å². The topological polar surface area (TPSA) is 46.3 Å². The zero-order valence-electron chi connectivity index (χ0n) is 8.82. The molecule has 0 aliphatic carbocycles. The first-order valence-corrected chi connectivity index (χ1v) is 4.85. The minimum absolute atomic E-state index is 0.113. The number of aliphatic hydroxyl groups is 1. The molecule has 1 aromatic heterocycles. The quantitative estimate of drug-likeness (QED) is 0.815. The van der Waals surface area contributed by atoms with Gasteiger partial charge < -0.3 is 9.63 Å². The zero-order valence-corrected chi connectivity index (χ0v) is 8.82. The van der Waals surface area contributed by atoms with Crippen molar-refractivity contribution in [1.82, 2.24) is 5.16 Å². The summed E-state index contributed by atoms with van der Waals surface area (Å²) in [4.78, 5) is 0. The summed E-state index contributed by atoms with van der Waals surface area (Å²) in [5.41, 5.74) is 4.25. The Balaban J connectivity index is 2.49. The Morgan fingerprint density at radius 3 is 2.80 bits per heavy atom. The van der Waals surface area contributed by atoms with Crippen LogP contribution in [0.3, 0.4) is 0 Å². The van der Waals surface area contributed by atoms with Crippen molar-refractivity contribution in [3.63, 3.8) is 0 Å². The van der Waals surface area contributed by atoms with Gasteiger partial charge in [0.1, 0.15) is 12.3 Å². The zero-order chi connectivity index (χ0) is 10.8. The van der Waals surface area contributed by atoms with Gasteiger partial charge in [-0.05, 0) is 25.0 Å². The molecular formula is C12H13NO2. The Hall–Kier alpha value is -1.61. The largest absolute Gasteiger partial charge is 0.388 e. The predicted molar refractivity (Wildman–Crippen MR) is 57.3 cm³/mol. The number of aliphatic hydroxyl groups excluding tert-OH is 1. The molecule has 0 bridgehead atoms. The van der Waals surface area contributed by atoms with Gasteiger partial charge in [0.15, 0.2) is 5.76 Å². The Labute approximate surface area is 88.3 Å². The van der Waals surface area contributed by atoms with E-state index in [-0.39, 0.29) is 6.61 Å². The number of aromatic nitrogens is 1. The molecule has 0 spiro atoms. The van der Waals surface area contributed by atoms with Crippen LogP contribution < -0.4 is 0 Å². The van der Waals surface area contributed by atoms with Crippen LogP contribution in [0.5, 0.6) is 0 Å². The summed E-state index contributed by atoms with van der Waals surface area (Å²) in [5, 5.41) is 12.8. The lowest BCUT2D eigenvalue weighted by molar-refractivity contribution is 0.229. The van der Waals surface area contributed by atoms with Gasteiger partial charge >= 0.3 is 0 Å². The summed E-state index contributed by atoms with van der Waals surface area (Å²) in [6.45, 7) is 4.00. The summed E-state index contributed by atoms with van der Waals surface area (Å²) in [6, 6.07) is 7.82. The molecule has 1 N–H and O–H groups in total. The summed E-state index contributed by atoms with van der Waals surface area (Å²) in [6.07, 6.45) is 0. The lowest BCUT2D eigenvalue weighted by atomic mass is 10.0. The van der Waals surface area contributed by atoms with Crippen molar-refractivity contribution in [1.29, 1.82) is 0 Å². The van der Waals surface area contributed by atoms with Crippen LogP contribution in [0.15, 0.2) is 28.8 Å². The second kappa shape index (κ2) is 3.87. The third-order valence-corrected chi connectivity index (χ3v) is 2.60. The Bertz CT molecular complexity index is 474. The highest BCUT2D eigenvalue weighted by atomic mass is 16.5. The van der Waals surface area contributed by atoms with Crippen molar-refractivity contribution >= 4 is 0 Å². The van der Waals surface area contributed by atoms with Crippen molar-refractivity contribution in [2.45, 2.75) is 20.5 Å². The normalized spacial score (nSPS) is 10.6. The van der Waals surface area contributed by atoms with Crippen LogP contribution in [0.1, 0.15) is 16.9 Å². The van der Waals surface area contributed by atoms with E-state index < -0.39 is 0 Å². The number of rotatable bonds is 2. The fraction of sp³-hybridized carbons (Fsp3) is 0.250. The second-order valence-electron chi connectivity index (χ2n) is 3.58. The molecule has 1 aromatic carbocycles. The second-order valence-corrected chi connectivity index (χ2v) is 3.58. The highest BCUT2D eigenvalue weighted by Crippen LogP contribution is 2.24. The molecule has 0 saturated heterocycles. The van der Waals surface area contributed by atoms with Gasteiger partial charge in [-0.25, -0.2) is 0 Å². The van der Waals surface area contributed by atoms with Crippen LogP contribution in [-0.4, -0.2) is 10.3 Å². The monoisotopic (exact) mass is 203 g/mol. The summed E-state index contributed by atoms with van der Waals surface area (Å²) in [5.74, 6) is 0.492. The Kier molecular flexibility index (Phi) is 2.56. The van der Waals surface area contributed by atoms with Crippen LogP contribution in [-0.2, 0) is 6.61 Å². The van der Waals surface area contributed by atoms with E-state index in [1.54, 1.807) is 6.07 Å². The van der Waals surface area contributed by atoms with Gasteiger partial charge in [0.05, 0.1) is 0 Å². The van der Waals surface area contributed by atoms with Crippen LogP contribution in [0.25, 0.3) is 11.3 Å². The maximum atomic E-state index is 8.89. The van der Waals surface area contributed by atoms with E-state index in [9.17, 15) is 0 Å². The average molecular weight is 203 g/mol. The summed E-state index contributed by atoms with van der Waals surface area (Å²) in [7, 11) is 0. The van der Waals surface area contributed by atoms with E-state index in [1.807, 2.05) is 12.1 Å². The first-order valence-electron chi connectivity index (χ1n) is 4.85. The molecule has 0 radical (unpaired) electrons. The standard InChI is InChI=1S/C12H13NO2/c1-8-4-3-5-11(9(8)2)12-6-10(7-14)15-13-12/h3-6,14H,7H2,1-2H3. The molecule has 78 valence electrons. The van der Waals surface area contributed by atoms with E-state index in [2.05, 4.69) is 25.1 Å². The highest BCUT2D eigenvalue weighted by Gasteiger charge is 2.08. The first-order chi connectivity index (χ1) is 7.22. The van der Waals surface area contributed by atoms with Crippen LogP contribution in [0, 0.1) is 13.8 Å². The van der Waals surface area contributed by atoms with Gasteiger partial charge in [0.25, 0.3) is 0 Å². The first kappa shape index (κ1) is 9.93. The molecule has 2 aromatic rings. The maximum absolute atomic E-state index is 8.89. The Morgan fingerprint density at radius 2 is 2.13 bits per heavy atom. The Morgan fingerprint density at radius 1 is 1.33 bits per heavy atom. The van der Waals surface area contributed by atoms with E-state index >= 15 is 0 Å². The molecule has 0 aliphatic rings. The minimum atomic E-state index is -0.113. The molecule has 3 nitrogen and oxygen atoms in total. The van der Waals surface area contributed by atoms with Crippen molar-refractivity contribution in [3.05, 3.63) is 41.2 Å². The number of benzene rings is 1. The average Bonchev–Trinajstić information content (AvgIpc) is 2.70. The van der Waals surface area contributed by atoms with E-state index in [0.717, 1.165) is 11.3 Å². The molecule has 2 rings (SSSR count). The van der Waals surface area contributed by atoms with Gasteiger partial charge in [-0.3, -0.25) is 0 Å².